The van der Waals surface area contributed by atoms with Crippen LogP contribution in [0.2, 0.25) is 0 Å². The molecule has 0 aromatic heterocycles. The maximum Gasteiger partial charge on any atom is 0.247 e. The third-order valence-electron chi connectivity index (χ3n) is 4.65. The van der Waals surface area contributed by atoms with Gasteiger partial charge >= 0.3 is 0 Å². The Morgan fingerprint density at radius 1 is 1.12 bits per heavy atom. The second kappa shape index (κ2) is 6.87. The molecule has 1 aliphatic heterocycles. The SMILES string of the molecule is CC(=O)N1CCc2ccccc2[C@H]1C(=O)NCc1ccccc1C. The van der Waals surface area contributed by atoms with Gasteiger partial charge in [0.05, 0.1) is 0 Å². The van der Waals surface area contributed by atoms with E-state index in [9.17, 15) is 9.59 Å². The van der Waals surface area contributed by atoms with Crippen molar-refractivity contribution in [1.29, 1.82) is 0 Å². The topological polar surface area (TPSA) is 49.4 Å². The molecular formula is C20H22N2O2. The van der Waals surface area contributed by atoms with Gasteiger partial charge in [-0.25, -0.2) is 0 Å². The van der Waals surface area contributed by atoms with Crippen molar-refractivity contribution in [2.24, 2.45) is 0 Å². The lowest BCUT2D eigenvalue weighted by Crippen LogP contribution is -2.46. The first kappa shape index (κ1) is 16.2. The quantitative estimate of drug-likeness (QED) is 0.944. The number of benzene rings is 2. The molecule has 1 aliphatic rings. The van der Waals surface area contributed by atoms with Gasteiger partial charge in [0.25, 0.3) is 0 Å². The van der Waals surface area contributed by atoms with E-state index in [-0.39, 0.29) is 11.8 Å². The number of hydrogen-bond acceptors (Lipinski definition) is 2. The van der Waals surface area contributed by atoms with Crippen LogP contribution in [0, 0.1) is 6.92 Å². The van der Waals surface area contributed by atoms with Crippen LogP contribution in [0.5, 0.6) is 0 Å². The summed E-state index contributed by atoms with van der Waals surface area (Å²) < 4.78 is 0. The third kappa shape index (κ3) is 3.18. The largest absolute Gasteiger partial charge is 0.350 e. The molecule has 3 rings (SSSR count). The zero-order chi connectivity index (χ0) is 17.1. The lowest BCUT2D eigenvalue weighted by Gasteiger charge is -2.35. The molecule has 0 radical (unpaired) electrons. The minimum Gasteiger partial charge on any atom is -0.350 e. The molecule has 1 N–H and O–H groups in total. The number of nitrogens with zero attached hydrogens (tertiary/aromatic N) is 1. The van der Waals surface area contributed by atoms with Crippen LogP contribution in [-0.2, 0) is 22.6 Å². The molecule has 2 aromatic carbocycles. The molecule has 2 aromatic rings. The molecule has 1 heterocycles. The first-order chi connectivity index (χ1) is 11.6. The Labute approximate surface area is 142 Å². The lowest BCUT2D eigenvalue weighted by atomic mass is 9.92. The average Bonchev–Trinajstić information content (AvgIpc) is 2.59. The molecule has 0 spiro atoms. The molecule has 0 bridgehead atoms. The van der Waals surface area contributed by atoms with Gasteiger partial charge in [0, 0.05) is 20.0 Å². The van der Waals surface area contributed by atoms with Crippen LogP contribution in [0.25, 0.3) is 0 Å². The highest BCUT2D eigenvalue weighted by Gasteiger charge is 2.34. The first-order valence-electron chi connectivity index (χ1n) is 8.25. The van der Waals surface area contributed by atoms with E-state index in [2.05, 4.69) is 5.32 Å². The van der Waals surface area contributed by atoms with Crippen molar-refractivity contribution in [2.45, 2.75) is 32.9 Å². The second-order valence-corrected chi connectivity index (χ2v) is 6.21. The van der Waals surface area contributed by atoms with Crippen molar-refractivity contribution in [1.82, 2.24) is 10.2 Å². The maximum atomic E-state index is 12.9. The summed E-state index contributed by atoms with van der Waals surface area (Å²) in [5, 5.41) is 3.00. The van der Waals surface area contributed by atoms with E-state index in [0.717, 1.165) is 28.7 Å². The Hall–Kier alpha value is -2.62. The summed E-state index contributed by atoms with van der Waals surface area (Å²) >= 11 is 0. The fourth-order valence-electron chi connectivity index (χ4n) is 3.28. The Balaban J connectivity index is 1.83. The normalized spacial score (nSPS) is 16.4. The molecule has 0 aliphatic carbocycles. The molecular weight excluding hydrogens is 300 g/mol. The van der Waals surface area contributed by atoms with Crippen LogP contribution < -0.4 is 5.32 Å². The smallest absolute Gasteiger partial charge is 0.247 e. The molecule has 4 nitrogen and oxygen atoms in total. The van der Waals surface area contributed by atoms with Gasteiger partial charge in [0.2, 0.25) is 11.8 Å². The van der Waals surface area contributed by atoms with E-state index in [1.807, 2.05) is 55.5 Å². The highest BCUT2D eigenvalue weighted by atomic mass is 16.2. The van der Waals surface area contributed by atoms with E-state index in [0.29, 0.717) is 13.1 Å². The van der Waals surface area contributed by atoms with Gasteiger partial charge in [-0.1, -0.05) is 48.5 Å². The number of hydrogen-bond donors (Lipinski definition) is 1. The lowest BCUT2D eigenvalue weighted by molar-refractivity contribution is -0.139. The standard InChI is InChI=1S/C20H22N2O2/c1-14-7-3-4-9-17(14)13-21-20(24)19-18-10-6-5-8-16(18)11-12-22(19)15(2)23/h3-10,19H,11-13H2,1-2H3,(H,21,24)/t19-/m0/s1. The highest BCUT2D eigenvalue weighted by Crippen LogP contribution is 2.30. The van der Waals surface area contributed by atoms with Crippen LogP contribution in [0.15, 0.2) is 48.5 Å². The van der Waals surface area contributed by atoms with Gasteiger partial charge in [0.15, 0.2) is 0 Å². The zero-order valence-electron chi connectivity index (χ0n) is 14.1. The van der Waals surface area contributed by atoms with Gasteiger partial charge in [-0.15, -0.1) is 0 Å². The van der Waals surface area contributed by atoms with Crippen LogP contribution in [0.3, 0.4) is 0 Å². The van der Waals surface area contributed by atoms with Crippen LogP contribution in [-0.4, -0.2) is 23.3 Å². The molecule has 2 amide bonds. The summed E-state index contributed by atoms with van der Waals surface area (Å²) in [4.78, 5) is 26.5. The Morgan fingerprint density at radius 3 is 2.58 bits per heavy atom. The first-order valence-corrected chi connectivity index (χ1v) is 8.25. The average molecular weight is 322 g/mol. The predicted octanol–water partition coefficient (Wildman–Crippen LogP) is 2.76. The van der Waals surface area contributed by atoms with Gasteiger partial charge in [0.1, 0.15) is 6.04 Å². The van der Waals surface area contributed by atoms with Crippen molar-refractivity contribution in [3.8, 4) is 0 Å². The molecule has 0 fully saturated rings. The van der Waals surface area contributed by atoms with E-state index in [4.69, 9.17) is 0 Å². The van der Waals surface area contributed by atoms with Crippen molar-refractivity contribution >= 4 is 11.8 Å². The van der Waals surface area contributed by atoms with Crippen molar-refractivity contribution < 1.29 is 9.59 Å². The van der Waals surface area contributed by atoms with E-state index in [1.165, 1.54) is 6.92 Å². The summed E-state index contributed by atoms with van der Waals surface area (Å²) in [5.74, 6) is -0.193. The van der Waals surface area contributed by atoms with E-state index >= 15 is 0 Å². The van der Waals surface area contributed by atoms with Crippen LogP contribution in [0.4, 0.5) is 0 Å². The summed E-state index contributed by atoms with van der Waals surface area (Å²) in [6.45, 7) is 4.60. The fourth-order valence-corrected chi connectivity index (χ4v) is 3.28. The van der Waals surface area contributed by atoms with Gasteiger partial charge in [-0.05, 0) is 35.6 Å². The number of fused-ring (bicyclic) bond motifs is 1. The molecule has 124 valence electrons. The molecule has 4 heteroatoms. The van der Waals surface area contributed by atoms with E-state index < -0.39 is 6.04 Å². The Kier molecular flexibility index (Phi) is 4.65. The third-order valence-corrected chi connectivity index (χ3v) is 4.65. The fraction of sp³-hybridized carbons (Fsp3) is 0.300. The summed E-state index contributed by atoms with van der Waals surface area (Å²) in [6, 6.07) is 15.3. The molecule has 24 heavy (non-hydrogen) atoms. The minimum atomic E-state index is -0.545. The van der Waals surface area contributed by atoms with Gasteiger partial charge in [-0.3, -0.25) is 9.59 Å². The van der Waals surface area contributed by atoms with Crippen molar-refractivity contribution in [3.05, 3.63) is 70.8 Å². The van der Waals surface area contributed by atoms with Gasteiger partial charge < -0.3 is 10.2 Å². The predicted molar refractivity (Wildman–Crippen MR) is 93.3 cm³/mol. The number of carbonyl (C=O) groups excluding carboxylic acids is 2. The number of nitrogens with one attached hydrogen (secondary N) is 1. The van der Waals surface area contributed by atoms with Crippen molar-refractivity contribution in [2.75, 3.05) is 6.54 Å². The van der Waals surface area contributed by atoms with Crippen LogP contribution >= 0.6 is 0 Å². The number of amides is 2. The summed E-state index contributed by atoms with van der Waals surface area (Å²) in [7, 11) is 0. The van der Waals surface area contributed by atoms with Crippen molar-refractivity contribution in [3.63, 3.8) is 0 Å². The number of aryl methyl sites for hydroxylation is 1. The van der Waals surface area contributed by atoms with Crippen LogP contribution in [0.1, 0.15) is 35.2 Å². The molecule has 1 atom stereocenters. The summed E-state index contributed by atoms with van der Waals surface area (Å²) in [5.41, 5.74) is 4.31. The zero-order valence-corrected chi connectivity index (χ0v) is 14.1. The highest BCUT2D eigenvalue weighted by molar-refractivity contribution is 5.88. The monoisotopic (exact) mass is 322 g/mol. The Morgan fingerprint density at radius 2 is 1.83 bits per heavy atom. The minimum absolute atomic E-state index is 0.0689. The number of rotatable bonds is 3. The molecule has 0 saturated carbocycles. The molecule has 0 unspecified atom stereocenters. The maximum absolute atomic E-state index is 12.9. The Bertz CT molecular complexity index is 770. The summed E-state index contributed by atoms with van der Waals surface area (Å²) in [6.07, 6.45) is 0.789. The van der Waals surface area contributed by atoms with E-state index in [1.54, 1.807) is 4.90 Å². The second-order valence-electron chi connectivity index (χ2n) is 6.21. The molecule has 0 saturated heterocycles. The number of carbonyl (C=O) groups is 2. The van der Waals surface area contributed by atoms with Gasteiger partial charge in [-0.2, -0.15) is 0 Å².